The standard InChI is InChI=1S/C47H29N3O/c1-2-14-30(15-3-1)31-17-12-18-33(28-31)45-48-46(50-47(49-45)41-26-13-25-39-38-23-10-11-27-43(38)51-44(39)41)40-24-9-8-22-37(40)42-29-32-16-4-5-19-34(32)35-20-6-7-21-36(35)42/h1-29H. The van der Waals surface area contributed by atoms with E-state index in [1.54, 1.807) is 0 Å². The molecule has 4 heteroatoms. The topological polar surface area (TPSA) is 51.8 Å². The molecule has 2 aromatic heterocycles. The maximum Gasteiger partial charge on any atom is 0.167 e. The van der Waals surface area contributed by atoms with E-state index in [2.05, 4.69) is 140 Å². The molecule has 0 amide bonds. The molecule has 8 aromatic carbocycles. The molecule has 0 unspecified atom stereocenters. The summed E-state index contributed by atoms with van der Waals surface area (Å²) in [7, 11) is 0. The molecule has 0 N–H and O–H groups in total. The van der Waals surface area contributed by atoms with E-state index < -0.39 is 0 Å². The van der Waals surface area contributed by atoms with Crippen LogP contribution in [0.3, 0.4) is 0 Å². The van der Waals surface area contributed by atoms with E-state index in [1.807, 2.05) is 36.4 Å². The SMILES string of the molecule is c1ccc(-c2cccc(-c3nc(-c4ccccc4-c4cc5ccccc5c5ccccc45)nc(-c4cccc5c4oc4ccccc45)n3)c2)cc1. The van der Waals surface area contributed by atoms with Gasteiger partial charge in [0.1, 0.15) is 11.2 Å². The van der Waals surface area contributed by atoms with E-state index in [1.165, 1.54) is 21.5 Å². The lowest BCUT2D eigenvalue weighted by molar-refractivity contribution is 0.669. The Labute approximate surface area is 294 Å². The van der Waals surface area contributed by atoms with Crippen molar-refractivity contribution in [2.45, 2.75) is 0 Å². The number of furan rings is 1. The van der Waals surface area contributed by atoms with Crippen molar-refractivity contribution in [2.24, 2.45) is 0 Å². The Morgan fingerprint density at radius 1 is 0.314 bits per heavy atom. The lowest BCUT2D eigenvalue weighted by Crippen LogP contribution is -2.01. The van der Waals surface area contributed by atoms with Crippen LogP contribution < -0.4 is 0 Å². The van der Waals surface area contributed by atoms with Crippen molar-refractivity contribution in [3.8, 4) is 56.4 Å². The van der Waals surface area contributed by atoms with Crippen LogP contribution in [0.4, 0.5) is 0 Å². The first-order valence-electron chi connectivity index (χ1n) is 17.1. The molecule has 10 aromatic rings. The highest BCUT2D eigenvalue weighted by Gasteiger charge is 2.20. The Hall–Kier alpha value is -6.91. The average molecular weight is 652 g/mol. The van der Waals surface area contributed by atoms with Crippen LogP contribution in [0.5, 0.6) is 0 Å². The number of nitrogens with zero attached hydrogens (tertiary/aromatic N) is 3. The predicted molar refractivity (Wildman–Crippen MR) is 209 cm³/mol. The third-order valence-corrected chi connectivity index (χ3v) is 9.73. The van der Waals surface area contributed by atoms with Crippen molar-refractivity contribution >= 4 is 43.5 Å². The molecule has 0 atom stereocenters. The van der Waals surface area contributed by atoms with Crippen molar-refractivity contribution in [1.29, 1.82) is 0 Å². The maximum atomic E-state index is 6.49. The lowest BCUT2D eigenvalue weighted by atomic mass is 9.91. The summed E-state index contributed by atoms with van der Waals surface area (Å²) >= 11 is 0. The van der Waals surface area contributed by atoms with Gasteiger partial charge < -0.3 is 4.42 Å². The van der Waals surface area contributed by atoms with Gasteiger partial charge in [0.05, 0.1) is 5.56 Å². The summed E-state index contributed by atoms with van der Waals surface area (Å²) in [6.07, 6.45) is 0. The Morgan fingerprint density at radius 2 is 0.882 bits per heavy atom. The van der Waals surface area contributed by atoms with Gasteiger partial charge in [-0.15, -0.1) is 0 Å². The maximum absolute atomic E-state index is 6.49. The summed E-state index contributed by atoms with van der Waals surface area (Å²) in [5, 5.41) is 6.91. The first-order valence-corrected chi connectivity index (χ1v) is 17.1. The summed E-state index contributed by atoms with van der Waals surface area (Å²) in [6, 6.07) is 61.0. The van der Waals surface area contributed by atoms with Crippen molar-refractivity contribution in [3.63, 3.8) is 0 Å². The molecule has 0 aliphatic heterocycles. The Balaban J connectivity index is 1.24. The van der Waals surface area contributed by atoms with Gasteiger partial charge in [-0.1, -0.05) is 152 Å². The fourth-order valence-electron chi connectivity index (χ4n) is 7.33. The first kappa shape index (κ1) is 29.0. The van der Waals surface area contributed by atoms with Crippen LogP contribution in [-0.2, 0) is 0 Å². The molecular formula is C47H29N3O. The summed E-state index contributed by atoms with van der Waals surface area (Å²) in [5.74, 6) is 1.75. The Morgan fingerprint density at radius 3 is 1.75 bits per heavy atom. The quantitative estimate of drug-likeness (QED) is 0.174. The number of rotatable bonds is 5. The summed E-state index contributed by atoms with van der Waals surface area (Å²) < 4.78 is 6.49. The van der Waals surface area contributed by atoms with E-state index in [0.717, 1.165) is 60.9 Å². The van der Waals surface area contributed by atoms with Crippen LogP contribution in [0.1, 0.15) is 0 Å². The molecule has 0 aliphatic rings. The molecule has 0 spiro atoms. The van der Waals surface area contributed by atoms with E-state index in [9.17, 15) is 0 Å². The van der Waals surface area contributed by atoms with Crippen LogP contribution in [0.15, 0.2) is 180 Å². The van der Waals surface area contributed by atoms with E-state index in [-0.39, 0.29) is 0 Å². The molecule has 4 nitrogen and oxygen atoms in total. The number of fused-ring (bicyclic) bond motifs is 6. The number of benzene rings is 8. The highest BCUT2D eigenvalue weighted by atomic mass is 16.3. The minimum atomic E-state index is 0.558. The minimum absolute atomic E-state index is 0.558. The van der Waals surface area contributed by atoms with Gasteiger partial charge in [0, 0.05) is 21.9 Å². The van der Waals surface area contributed by atoms with Gasteiger partial charge in [-0.05, 0) is 68.1 Å². The summed E-state index contributed by atoms with van der Waals surface area (Å²) in [5.41, 5.74) is 8.67. The van der Waals surface area contributed by atoms with Gasteiger partial charge in [0.2, 0.25) is 0 Å². The Kier molecular flexibility index (Phi) is 6.78. The van der Waals surface area contributed by atoms with Crippen LogP contribution in [-0.4, -0.2) is 15.0 Å². The lowest BCUT2D eigenvalue weighted by Gasteiger charge is -2.15. The number of aromatic nitrogens is 3. The number of hydrogen-bond acceptors (Lipinski definition) is 4. The van der Waals surface area contributed by atoms with E-state index in [4.69, 9.17) is 19.4 Å². The molecule has 51 heavy (non-hydrogen) atoms. The molecule has 238 valence electrons. The molecule has 10 rings (SSSR count). The molecule has 0 radical (unpaired) electrons. The van der Waals surface area contributed by atoms with Crippen LogP contribution in [0, 0.1) is 0 Å². The second kappa shape index (κ2) is 11.9. The van der Waals surface area contributed by atoms with Crippen molar-refractivity contribution < 1.29 is 4.42 Å². The molecule has 2 heterocycles. The van der Waals surface area contributed by atoms with Gasteiger partial charge in [-0.2, -0.15) is 0 Å². The average Bonchev–Trinajstić information content (AvgIpc) is 3.60. The number of hydrogen-bond donors (Lipinski definition) is 0. The second-order valence-electron chi connectivity index (χ2n) is 12.8. The van der Waals surface area contributed by atoms with Gasteiger partial charge >= 0.3 is 0 Å². The normalized spacial score (nSPS) is 11.5. The van der Waals surface area contributed by atoms with Crippen LogP contribution in [0.2, 0.25) is 0 Å². The summed E-state index contributed by atoms with van der Waals surface area (Å²) in [4.78, 5) is 15.6. The third kappa shape index (κ3) is 4.96. The zero-order chi connectivity index (χ0) is 33.7. The predicted octanol–water partition coefficient (Wildman–Crippen LogP) is 12.4. The van der Waals surface area contributed by atoms with Gasteiger partial charge in [0.15, 0.2) is 17.5 Å². The molecular weight excluding hydrogens is 623 g/mol. The summed E-state index contributed by atoms with van der Waals surface area (Å²) in [6.45, 7) is 0. The largest absolute Gasteiger partial charge is 0.455 e. The first-order chi connectivity index (χ1) is 25.3. The van der Waals surface area contributed by atoms with Gasteiger partial charge in [0.25, 0.3) is 0 Å². The highest BCUT2D eigenvalue weighted by Crippen LogP contribution is 2.40. The molecule has 0 bridgehead atoms. The zero-order valence-corrected chi connectivity index (χ0v) is 27.5. The molecule has 0 saturated carbocycles. The molecule has 0 saturated heterocycles. The van der Waals surface area contributed by atoms with Gasteiger partial charge in [-0.3, -0.25) is 0 Å². The van der Waals surface area contributed by atoms with E-state index in [0.29, 0.717) is 17.5 Å². The fourth-order valence-corrected chi connectivity index (χ4v) is 7.33. The van der Waals surface area contributed by atoms with Crippen LogP contribution >= 0.6 is 0 Å². The third-order valence-electron chi connectivity index (χ3n) is 9.73. The fraction of sp³-hybridized carbons (Fsp3) is 0. The zero-order valence-electron chi connectivity index (χ0n) is 27.5. The minimum Gasteiger partial charge on any atom is -0.455 e. The van der Waals surface area contributed by atoms with E-state index >= 15 is 0 Å². The van der Waals surface area contributed by atoms with Gasteiger partial charge in [-0.25, -0.2) is 15.0 Å². The molecule has 0 fully saturated rings. The Bertz CT molecular complexity index is 2930. The smallest absolute Gasteiger partial charge is 0.167 e. The number of para-hydroxylation sites is 2. The van der Waals surface area contributed by atoms with Crippen molar-refractivity contribution in [1.82, 2.24) is 15.0 Å². The van der Waals surface area contributed by atoms with Crippen molar-refractivity contribution in [3.05, 3.63) is 176 Å². The monoisotopic (exact) mass is 651 g/mol. The van der Waals surface area contributed by atoms with Crippen molar-refractivity contribution in [2.75, 3.05) is 0 Å². The van der Waals surface area contributed by atoms with Crippen LogP contribution in [0.25, 0.3) is 99.9 Å². The highest BCUT2D eigenvalue weighted by molar-refractivity contribution is 6.15. The second-order valence-corrected chi connectivity index (χ2v) is 12.8. The molecule has 0 aliphatic carbocycles.